The molecule has 6 heteroatoms. The van der Waals surface area contributed by atoms with Crippen molar-refractivity contribution < 1.29 is 18.9 Å². The van der Waals surface area contributed by atoms with Crippen LogP contribution in [-0.2, 0) is 9.32 Å². The first-order chi connectivity index (χ1) is 7.18. The van der Waals surface area contributed by atoms with Gasteiger partial charge in [0.05, 0.1) is 13.0 Å². The van der Waals surface area contributed by atoms with Crippen LogP contribution in [0.4, 0.5) is 0 Å². The summed E-state index contributed by atoms with van der Waals surface area (Å²) in [7, 11) is -1.55. The molecule has 3 N–H and O–H groups in total. The minimum absolute atomic E-state index is 0.0599. The maximum absolute atomic E-state index is 10.2. The molecule has 15 heavy (non-hydrogen) atoms. The van der Waals surface area contributed by atoms with Crippen LogP contribution in [0, 0.1) is 0 Å². The van der Waals surface area contributed by atoms with Crippen LogP contribution in [0.2, 0.25) is 0 Å². The molecule has 0 radical (unpaired) electrons. The van der Waals surface area contributed by atoms with Crippen LogP contribution in [-0.4, -0.2) is 17.7 Å². The summed E-state index contributed by atoms with van der Waals surface area (Å²) in [6.07, 6.45) is -0.0752. The van der Waals surface area contributed by atoms with Crippen molar-refractivity contribution in [2.45, 2.75) is 6.42 Å². The molecule has 0 spiro atoms. The minimum Gasteiger partial charge on any atom is -0.481 e. The average Bonchev–Trinajstić information content (AvgIpc) is 2.18. The monoisotopic (exact) mass is 229 g/mol. The van der Waals surface area contributed by atoms with Crippen LogP contribution in [0.5, 0.6) is 5.75 Å². The molecule has 0 aliphatic heterocycles. The first kappa shape index (κ1) is 11.9. The molecule has 0 saturated carbocycles. The van der Waals surface area contributed by atoms with Crippen molar-refractivity contribution in [2.75, 3.05) is 6.61 Å². The molecular formula is C9H12NO4P. The highest BCUT2D eigenvalue weighted by Gasteiger charge is 2.07. The summed E-state index contributed by atoms with van der Waals surface area (Å²) < 4.78 is 10.2. The van der Waals surface area contributed by atoms with Crippen LogP contribution >= 0.6 is 8.53 Å². The Bertz CT molecular complexity index is 306. The zero-order valence-electron chi connectivity index (χ0n) is 8.00. The van der Waals surface area contributed by atoms with Crippen LogP contribution < -0.4 is 10.0 Å². The Morgan fingerprint density at radius 1 is 1.40 bits per heavy atom. The number of hydrogen-bond acceptors (Lipinski definition) is 4. The molecule has 1 aromatic rings. The summed E-state index contributed by atoms with van der Waals surface area (Å²) >= 11 is 0. The Morgan fingerprint density at radius 3 is 2.67 bits per heavy atom. The fraction of sp³-hybridized carbons (Fsp3) is 0.222. The van der Waals surface area contributed by atoms with Gasteiger partial charge in [0, 0.05) is 0 Å². The number of hydrogen-bond donors (Lipinski definition) is 2. The number of carboxylic acids is 1. The van der Waals surface area contributed by atoms with Crippen molar-refractivity contribution in [1.82, 2.24) is 0 Å². The summed E-state index contributed by atoms with van der Waals surface area (Å²) in [6.45, 7) is 0.0599. The topological polar surface area (TPSA) is 81.8 Å². The molecule has 0 fully saturated rings. The van der Waals surface area contributed by atoms with Crippen LogP contribution in [0.15, 0.2) is 30.3 Å². The lowest BCUT2D eigenvalue weighted by molar-refractivity contribution is -0.137. The zero-order chi connectivity index (χ0) is 11.1. The summed E-state index contributed by atoms with van der Waals surface area (Å²) in [5, 5.41) is 8.36. The van der Waals surface area contributed by atoms with E-state index in [1.54, 1.807) is 12.1 Å². The van der Waals surface area contributed by atoms with Crippen molar-refractivity contribution >= 4 is 14.5 Å². The van der Waals surface area contributed by atoms with E-state index >= 15 is 0 Å². The van der Waals surface area contributed by atoms with Crippen molar-refractivity contribution in [3.63, 3.8) is 0 Å². The molecule has 0 heterocycles. The highest BCUT2D eigenvalue weighted by atomic mass is 31.2. The van der Waals surface area contributed by atoms with Gasteiger partial charge in [0.2, 0.25) is 0 Å². The summed E-state index contributed by atoms with van der Waals surface area (Å²) in [5.41, 5.74) is 5.52. The quantitative estimate of drug-likeness (QED) is 0.726. The molecule has 82 valence electrons. The Morgan fingerprint density at radius 2 is 2.07 bits per heavy atom. The van der Waals surface area contributed by atoms with Gasteiger partial charge in [0.1, 0.15) is 5.75 Å². The number of carbonyl (C=O) groups is 1. The number of aliphatic carboxylic acids is 1. The van der Waals surface area contributed by atoms with Crippen molar-refractivity contribution in [2.24, 2.45) is 5.50 Å². The fourth-order valence-electron chi connectivity index (χ4n) is 0.835. The molecule has 0 aromatic heterocycles. The predicted octanol–water partition coefficient (Wildman–Crippen LogP) is 1.74. The number of benzene rings is 1. The number of rotatable bonds is 6. The third-order valence-electron chi connectivity index (χ3n) is 1.47. The fourth-order valence-corrected chi connectivity index (χ4v) is 1.49. The molecular weight excluding hydrogens is 217 g/mol. The molecule has 0 aliphatic rings. The second kappa shape index (κ2) is 6.35. The van der Waals surface area contributed by atoms with Gasteiger partial charge in [-0.25, -0.2) is 0 Å². The largest absolute Gasteiger partial charge is 0.481 e. The van der Waals surface area contributed by atoms with Gasteiger partial charge in [0.25, 0.3) is 0 Å². The Balaban J connectivity index is 2.24. The first-order valence-corrected chi connectivity index (χ1v) is 5.55. The lowest BCUT2D eigenvalue weighted by Crippen LogP contribution is -2.05. The molecule has 1 aromatic carbocycles. The second-order valence-corrected chi connectivity index (χ2v) is 3.68. The molecule has 0 amide bonds. The molecule has 1 unspecified atom stereocenters. The maximum Gasteiger partial charge on any atom is 0.315 e. The van der Waals surface area contributed by atoms with Gasteiger partial charge >= 0.3 is 14.5 Å². The lowest BCUT2D eigenvalue weighted by Gasteiger charge is -2.11. The van der Waals surface area contributed by atoms with Crippen LogP contribution in [0.25, 0.3) is 0 Å². The molecule has 1 atom stereocenters. The van der Waals surface area contributed by atoms with E-state index < -0.39 is 14.5 Å². The second-order valence-electron chi connectivity index (χ2n) is 2.67. The molecule has 5 nitrogen and oxygen atoms in total. The normalized spacial score (nSPS) is 12.1. The van der Waals surface area contributed by atoms with Gasteiger partial charge < -0.3 is 14.2 Å². The zero-order valence-corrected chi connectivity index (χ0v) is 8.89. The smallest absolute Gasteiger partial charge is 0.315 e. The highest BCUT2D eigenvalue weighted by Crippen LogP contribution is 2.30. The van der Waals surface area contributed by atoms with Crippen LogP contribution in [0.1, 0.15) is 6.42 Å². The SMILES string of the molecule is NP(OCCC(=O)O)Oc1ccccc1. The molecule has 1 rings (SSSR count). The Kier molecular flexibility index (Phi) is 5.04. The van der Waals surface area contributed by atoms with Crippen molar-refractivity contribution in [3.05, 3.63) is 30.3 Å². The van der Waals surface area contributed by atoms with E-state index in [1.807, 2.05) is 18.2 Å². The van der Waals surface area contributed by atoms with E-state index in [4.69, 9.17) is 19.7 Å². The van der Waals surface area contributed by atoms with E-state index in [9.17, 15) is 4.79 Å². The highest BCUT2D eigenvalue weighted by molar-refractivity contribution is 7.44. The van der Waals surface area contributed by atoms with E-state index in [0.717, 1.165) is 0 Å². The van der Waals surface area contributed by atoms with Gasteiger partial charge in [-0.2, -0.15) is 0 Å². The van der Waals surface area contributed by atoms with Gasteiger partial charge in [-0.15, -0.1) is 0 Å². The van der Waals surface area contributed by atoms with Crippen LogP contribution in [0.3, 0.4) is 0 Å². The Labute approximate surface area is 88.8 Å². The standard InChI is InChI=1S/C9H12NO4P/c10-15(13-7-6-9(11)12)14-8-4-2-1-3-5-8/h1-5H,6-7,10H2,(H,11,12). The van der Waals surface area contributed by atoms with E-state index in [1.165, 1.54) is 0 Å². The molecule has 0 aliphatic carbocycles. The summed E-state index contributed by atoms with van der Waals surface area (Å²) in [5.74, 6) is -0.306. The molecule has 0 bridgehead atoms. The van der Waals surface area contributed by atoms with E-state index in [2.05, 4.69) is 0 Å². The predicted molar refractivity (Wildman–Crippen MR) is 56.4 cm³/mol. The van der Waals surface area contributed by atoms with Gasteiger partial charge in [0.15, 0.2) is 0 Å². The van der Waals surface area contributed by atoms with Gasteiger partial charge in [-0.3, -0.25) is 10.3 Å². The number of carboxylic acid groups (broad SMARTS) is 1. The third kappa shape index (κ3) is 5.32. The van der Waals surface area contributed by atoms with E-state index in [-0.39, 0.29) is 13.0 Å². The Hall–Kier alpha value is -1.16. The average molecular weight is 229 g/mol. The lowest BCUT2D eigenvalue weighted by atomic mass is 10.3. The number of nitrogens with two attached hydrogens (primary N) is 1. The van der Waals surface area contributed by atoms with Crippen molar-refractivity contribution in [3.8, 4) is 5.75 Å². The number of para-hydroxylation sites is 1. The summed E-state index contributed by atoms with van der Waals surface area (Å²) in [4.78, 5) is 10.2. The minimum atomic E-state index is -1.55. The van der Waals surface area contributed by atoms with Gasteiger partial charge in [-0.05, 0) is 12.1 Å². The van der Waals surface area contributed by atoms with E-state index in [0.29, 0.717) is 5.75 Å². The first-order valence-electron chi connectivity index (χ1n) is 4.31. The molecule has 0 saturated heterocycles. The van der Waals surface area contributed by atoms with Gasteiger partial charge in [-0.1, -0.05) is 18.2 Å². The third-order valence-corrected chi connectivity index (χ3v) is 2.30. The summed E-state index contributed by atoms with van der Waals surface area (Å²) in [6, 6.07) is 8.99. The van der Waals surface area contributed by atoms with Crippen molar-refractivity contribution in [1.29, 1.82) is 0 Å². The maximum atomic E-state index is 10.2.